The van der Waals surface area contributed by atoms with Gasteiger partial charge in [-0.15, -0.1) is 0 Å². The minimum absolute atomic E-state index is 0.139. The molecule has 1 rings (SSSR count). The van der Waals surface area contributed by atoms with Crippen molar-refractivity contribution in [1.82, 2.24) is 5.32 Å². The van der Waals surface area contributed by atoms with Crippen molar-refractivity contribution in [3.05, 3.63) is 22.4 Å². The SMILES string of the molecule is CSCC[C@H](N)CSSCC(Cc1ccsc1)C(=O)N[C@@H](C)C(=O)OC(CO)CO. The van der Waals surface area contributed by atoms with E-state index < -0.39 is 31.3 Å². The van der Waals surface area contributed by atoms with E-state index in [2.05, 4.69) is 11.6 Å². The Morgan fingerprint density at radius 2 is 1.97 bits per heavy atom. The second-order valence-corrected chi connectivity index (χ2v) is 11.1. The molecular formula is C19H32N2O5S4. The molecule has 0 aliphatic carbocycles. The molecule has 172 valence electrons. The first kappa shape index (κ1) is 27.6. The quantitative estimate of drug-likeness (QED) is 0.154. The van der Waals surface area contributed by atoms with Crippen molar-refractivity contribution in [3.8, 4) is 0 Å². The second-order valence-electron chi connectivity index (χ2n) is 6.80. The summed E-state index contributed by atoms with van der Waals surface area (Å²) >= 11 is 3.36. The molecule has 0 aromatic carbocycles. The predicted molar refractivity (Wildman–Crippen MR) is 129 cm³/mol. The number of nitrogens with one attached hydrogen (secondary N) is 1. The molecule has 3 atom stereocenters. The van der Waals surface area contributed by atoms with Gasteiger partial charge in [-0.1, -0.05) is 21.6 Å². The lowest BCUT2D eigenvalue weighted by molar-refractivity contribution is -0.156. The molecule has 0 fully saturated rings. The van der Waals surface area contributed by atoms with Gasteiger partial charge in [0.1, 0.15) is 12.1 Å². The Kier molecular flexibility index (Phi) is 14.9. The third kappa shape index (κ3) is 11.3. The number of nitrogens with two attached hydrogens (primary N) is 1. The number of esters is 1. The average Bonchev–Trinajstić information content (AvgIpc) is 3.25. The molecule has 1 aromatic heterocycles. The van der Waals surface area contributed by atoms with Crippen LogP contribution in [-0.2, 0) is 20.7 Å². The smallest absolute Gasteiger partial charge is 0.328 e. The molecule has 1 heterocycles. The molecule has 0 aliphatic heterocycles. The zero-order valence-electron chi connectivity index (χ0n) is 17.3. The molecule has 0 spiro atoms. The molecule has 11 heteroatoms. The van der Waals surface area contributed by atoms with Gasteiger partial charge in [0, 0.05) is 17.5 Å². The Balaban J connectivity index is 2.57. The average molecular weight is 497 g/mol. The van der Waals surface area contributed by atoms with Crippen molar-refractivity contribution in [1.29, 1.82) is 0 Å². The highest BCUT2D eigenvalue weighted by atomic mass is 33.1. The fourth-order valence-electron chi connectivity index (χ4n) is 2.33. The Morgan fingerprint density at radius 3 is 2.57 bits per heavy atom. The van der Waals surface area contributed by atoms with Crippen molar-refractivity contribution in [3.63, 3.8) is 0 Å². The van der Waals surface area contributed by atoms with E-state index in [1.807, 2.05) is 16.8 Å². The normalized spacial score (nSPS) is 14.3. The number of hydrogen-bond acceptors (Lipinski definition) is 10. The Hall–Kier alpha value is -0.430. The summed E-state index contributed by atoms with van der Waals surface area (Å²) in [5, 5.41) is 24.8. The molecule has 0 saturated heterocycles. The predicted octanol–water partition coefficient (Wildman–Crippen LogP) is 1.77. The van der Waals surface area contributed by atoms with E-state index in [1.165, 1.54) is 6.92 Å². The van der Waals surface area contributed by atoms with Crippen molar-refractivity contribution in [2.24, 2.45) is 11.7 Å². The minimum Gasteiger partial charge on any atom is -0.456 e. The van der Waals surface area contributed by atoms with Crippen LogP contribution in [0.2, 0.25) is 0 Å². The summed E-state index contributed by atoms with van der Waals surface area (Å²) in [6.45, 7) is 0.577. The first-order valence-electron chi connectivity index (χ1n) is 9.63. The van der Waals surface area contributed by atoms with Crippen LogP contribution in [0.4, 0.5) is 0 Å². The van der Waals surface area contributed by atoms with Gasteiger partial charge in [-0.3, -0.25) is 4.79 Å². The van der Waals surface area contributed by atoms with Crippen LogP contribution < -0.4 is 11.1 Å². The van der Waals surface area contributed by atoms with E-state index in [9.17, 15) is 9.59 Å². The van der Waals surface area contributed by atoms with Gasteiger partial charge in [-0.2, -0.15) is 23.1 Å². The van der Waals surface area contributed by atoms with Crippen LogP contribution in [0.3, 0.4) is 0 Å². The van der Waals surface area contributed by atoms with E-state index in [1.54, 1.807) is 44.7 Å². The first-order chi connectivity index (χ1) is 14.4. The molecule has 0 saturated carbocycles. The lowest BCUT2D eigenvalue weighted by Gasteiger charge is -2.21. The monoisotopic (exact) mass is 496 g/mol. The third-order valence-corrected chi connectivity index (χ3v) is 8.12. The van der Waals surface area contributed by atoms with E-state index in [-0.39, 0.29) is 17.9 Å². The number of carbonyl (C=O) groups is 2. The maximum atomic E-state index is 12.8. The molecular weight excluding hydrogens is 464 g/mol. The standard InChI is InChI=1S/C19H32N2O5S4/c1-13(19(25)26-17(8-22)9-23)21-18(24)15(7-14-3-6-28-10-14)11-29-30-12-16(20)4-5-27-2/h3,6,10,13,15-17,22-23H,4-5,7-9,11-12,20H2,1-2H3,(H,21,24)/t13-,15?,16-/m0/s1. The topological polar surface area (TPSA) is 122 Å². The molecule has 1 aromatic rings. The summed E-state index contributed by atoms with van der Waals surface area (Å²) in [5.74, 6) is 1.24. The Labute approximate surface area is 194 Å². The number of thiophene rings is 1. The van der Waals surface area contributed by atoms with Crippen LogP contribution in [0.15, 0.2) is 16.8 Å². The summed E-state index contributed by atoms with van der Waals surface area (Å²) in [7, 11) is 3.28. The van der Waals surface area contributed by atoms with Crippen LogP contribution in [0.1, 0.15) is 18.9 Å². The van der Waals surface area contributed by atoms with Gasteiger partial charge >= 0.3 is 5.97 Å². The number of carbonyl (C=O) groups excluding carboxylic acids is 2. The maximum Gasteiger partial charge on any atom is 0.328 e. The molecule has 1 unspecified atom stereocenters. The van der Waals surface area contributed by atoms with Crippen LogP contribution in [0.25, 0.3) is 0 Å². The summed E-state index contributed by atoms with van der Waals surface area (Å²) in [5.41, 5.74) is 7.18. The van der Waals surface area contributed by atoms with Crippen molar-refractivity contribution in [2.45, 2.75) is 38.0 Å². The van der Waals surface area contributed by atoms with Crippen LogP contribution in [-0.4, -0.2) is 77.0 Å². The van der Waals surface area contributed by atoms with E-state index >= 15 is 0 Å². The number of rotatable bonds is 16. The minimum atomic E-state index is -0.985. The van der Waals surface area contributed by atoms with Gasteiger partial charge < -0.3 is 26.0 Å². The maximum absolute atomic E-state index is 12.8. The zero-order valence-corrected chi connectivity index (χ0v) is 20.6. The van der Waals surface area contributed by atoms with Gasteiger partial charge in [-0.25, -0.2) is 4.79 Å². The Bertz CT molecular complexity index is 602. The molecule has 30 heavy (non-hydrogen) atoms. The van der Waals surface area contributed by atoms with E-state index in [0.29, 0.717) is 12.2 Å². The highest BCUT2D eigenvalue weighted by molar-refractivity contribution is 8.76. The molecule has 0 aliphatic rings. The highest BCUT2D eigenvalue weighted by Crippen LogP contribution is 2.27. The molecule has 7 nitrogen and oxygen atoms in total. The van der Waals surface area contributed by atoms with E-state index in [4.69, 9.17) is 20.7 Å². The molecule has 0 bridgehead atoms. The van der Waals surface area contributed by atoms with Gasteiger partial charge in [0.15, 0.2) is 0 Å². The highest BCUT2D eigenvalue weighted by Gasteiger charge is 2.25. The molecule has 1 amide bonds. The van der Waals surface area contributed by atoms with Gasteiger partial charge in [0.2, 0.25) is 5.91 Å². The fourth-order valence-corrected chi connectivity index (χ4v) is 6.11. The summed E-state index contributed by atoms with van der Waals surface area (Å²) < 4.78 is 4.98. The lowest BCUT2D eigenvalue weighted by Crippen LogP contribution is -2.45. The van der Waals surface area contributed by atoms with Crippen molar-refractivity contribution < 1.29 is 24.5 Å². The summed E-state index contributed by atoms with van der Waals surface area (Å²) in [6.07, 6.45) is 2.63. The van der Waals surface area contributed by atoms with Crippen LogP contribution >= 0.6 is 44.7 Å². The zero-order chi connectivity index (χ0) is 22.4. The molecule has 5 N–H and O–H groups in total. The lowest BCUT2D eigenvalue weighted by atomic mass is 10.0. The number of aliphatic hydroxyl groups excluding tert-OH is 2. The first-order valence-corrected chi connectivity index (χ1v) is 14.5. The van der Waals surface area contributed by atoms with Crippen LogP contribution in [0.5, 0.6) is 0 Å². The van der Waals surface area contributed by atoms with Crippen molar-refractivity contribution in [2.75, 3.05) is 36.7 Å². The van der Waals surface area contributed by atoms with Crippen LogP contribution in [0, 0.1) is 5.92 Å². The fraction of sp³-hybridized carbons (Fsp3) is 0.684. The third-order valence-electron chi connectivity index (χ3n) is 4.16. The number of ether oxygens (including phenoxy) is 1. The van der Waals surface area contributed by atoms with Crippen molar-refractivity contribution >= 4 is 56.6 Å². The number of thioether (sulfide) groups is 1. The largest absolute Gasteiger partial charge is 0.456 e. The number of aliphatic hydroxyl groups is 2. The van der Waals surface area contributed by atoms with E-state index in [0.717, 1.165) is 23.5 Å². The van der Waals surface area contributed by atoms with Gasteiger partial charge in [0.05, 0.1) is 19.1 Å². The Morgan fingerprint density at radius 1 is 1.27 bits per heavy atom. The second kappa shape index (κ2) is 16.2. The number of amides is 1. The summed E-state index contributed by atoms with van der Waals surface area (Å²) in [6, 6.07) is 1.26. The summed E-state index contributed by atoms with van der Waals surface area (Å²) in [4.78, 5) is 24.9. The van der Waals surface area contributed by atoms with Gasteiger partial charge in [-0.05, 0) is 54.2 Å². The number of hydrogen-bond donors (Lipinski definition) is 4. The molecule has 0 radical (unpaired) electrons. The van der Waals surface area contributed by atoms with Gasteiger partial charge in [0.25, 0.3) is 0 Å².